The van der Waals surface area contributed by atoms with E-state index in [1.54, 1.807) is 31.2 Å². The molecule has 9 heteroatoms. The normalized spacial score (nSPS) is 14.9. The minimum Gasteiger partial charge on any atom is -0.490 e. The van der Waals surface area contributed by atoms with E-state index in [1.807, 2.05) is 0 Å². The van der Waals surface area contributed by atoms with Crippen LogP contribution in [0.15, 0.2) is 41.3 Å². The Morgan fingerprint density at radius 3 is 2.57 bits per heavy atom. The highest BCUT2D eigenvalue weighted by Gasteiger charge is 2.25. The van der Waals surface area contributed by atoms with Gasteiger partial charge in [0.2, 0.25) is 0 Å². The Kier molecular flexibility index (Phi) is 6.28. The lowest BCUT2D eigenvalue weighted by Crippen LogP contribution is -2.17. The van der Waals surface area contributed by atoms with Gasteiger partial charge in [0.05, 0.1) is 22.1 Å². The molecule has 0 aliphatic carbocycles. The topological polar surface area (TPSA) is 81.7 Å². The van der Waals surface area contributed by atoms with Gasteiger partial charge in [-0.05, 0) is 60.7 Å². The van der Waals surface area contributed by atoms with E-state index in [2.05, 4.69) is 5.32 Å². The fraction of sp³-hybridized carbons (Fsp3) is 0.105. The summed E-state index contributed by atoms with van der Waals surface area (Å²) in [6, 6.07) is 9.24. The van der Waals surface area contributed by atoms with Crippen molar-refractivity contribution < 1.29 is 23.9 Å². The van der Waals surface area contributed by atoms with Gasteiger partial charge in [-0.3, -0.25) is 14.9 Å². The van der Waals surface area contributed by atoms with Crippen LogP contribution in [0.1, 0.15) is 22.8 Å². The molecule has 144 valence electrons. The highest BCUT2D eigenvalue weighted by atomic mass is 35.5. The van der Waals surface area contributed by atoms with Crippen molar-refractivity contribution in [2.24, 2.45) is 0 Å². The summed E-state index contributed by atoms with van der Waals surface area (Å²) in [7, 11) is 0. The number of imide groups is 1. The minimum absolute atomic E-state index is 0.164. The molecule has 2 aromatic carbocycles. The third-order valence-electron chi connectivity index (χ3n) is 3.56. The number of ether oxygens (including phenoxy) is 2. The summed E-state index contributed by atoms with van der Waals surface area (Å²) in [6.45, 7) is 2.12. The van der Waals surface area contributed by atoms with Crippen molar-refractivity contribution >= 4 is 58.2 Å². The molecule has 1 aliphatic heterocycles. The molecule has 6 nitrogen and oxygen atoms in total. The van der Waals surface area contributed by atoms with Crippen LogP contribution in [0.2, 0.25) is 10.0 Å². The molecule has 1 aliphatic rings. The Hall–Kier alpha value is -2.48. The van der Waals surface area contributed by atoms with Crippen LogP contribution < -0.4 is 14.8 Å². The predicted molar refractivity (Wildman–Crippen MR) is 108 cm³/mol. The average Bonchev–Trinajstić information content (AvgIpc) is 2.94. The number of rotatable bonds is 5. The lowest BCUT2D eigenvalue weighted by Gasteiger charge is -2.12. The molecule has 28 heavy (non-hydrogen) atoms. The monoisotopic (exact) mass is 437 g/mol. The van der Waals surface area contributed by atoms with E-state index in [0.717, 1.165) is 11.8 Å². The smallest absolute Gasteiger partial charge is 0.345 e. The van der Waals surface area contributed by atoms with Crippen molar-refractivity contribution in [1.82, 2.24) is 5.32 Å². The zero-order chi connectivity index (χ0) is 20.3. The van der Waals surface area contributed by atoms with Crippen molar-refractivity contribution in [3.05, 3.63) is 62.5 Å². The molecule has 0 saturated carbocycles. The largest absolute Gasteiger partial charge is 0.490 e. The molecule has 1 saturated heterocycles. The summed E-state index contributed by atoms with van der Waals surface area (Å²) < 4.78 is 11.0. The quantitative estimate of drug-likeness (QED) is 0.405. The first-order chi connectivity index (χ1) is 13.4. The van der Waals surface area contributed by atoms with Gasteiger partial charge in [0.1, 0.15) is 0 Å². The summed E-state index contributed by atoms with van der Waals surface area (Å²) in [4.78, 5) is 35.7. The van der Waals surface area contributed by atoms with Crippen molar-refractivity contribution in [3.63, 3.8) is 0 Å². The molecular formula is C19H13Cl2NO5S. The summed E-state index contributed by atoms with van der Waals surface area (Å²) >= 11 is 12.7. The molecule has 0 radical (unpaired) electrons. The van der Waals surface area contributed by atoms with Crippen LogP contribution in [0, 0.1) is 0 Å². The van der Waals surface area contributed by atoms with E-state index in [-0.39, 0.29) is 21.2 Å². The Morgan fingerprint density at radius 2 is 1.93 bits per heavy atom. The Labute approximate surface area is 174 Å². The lowest BCUT2D eigenvalue weighted by atomic mass is 10.1. The molecular weight excluding hydrogens is 425 g/mol. The second-order valence-corrected chi connectivity index (χ2v) is 7.36. The second kappa shape index (κ2) is 8.68. The molecule has 2 aromatic rings. The zero-order valence-corrected chi connectivity index (χ0v) is 16.8. The van der Waals surface area contributed by atoms with Gasteiger partial charge in [-0.15, -0.1) is 0 Å². The van der Waals surface area contributed by atoms with Crippen molar-refractivity contribution in [2.75, 3.05) is 6.61 Å². The number of esters is 1. The number of benzene rings is 2. The number of carbonyl (C=O) groups is 3. The molecule has 1 fully saturated rings. The van der Waals surface area contributed by atoms with E-state index in [4.69, 9.17) is 32.7 Å². The van der Waals surface area contributed by atoms with Crippen molar-refractivity contribution in [2.45, 2.75) is 6.92 Å². The van der Waals surface area contributed by atoms with Gasteiger partial charge < -0.3 is 9.47 Å². The fourth-order valence-corrected chi connectivity index (χ4v) is 3.52. The van der Waals surface area contributed by atoms with Gasteiger partial charge in [-0.2, -0.15) is 0 Å². The van der Waals surface area contributed by atoms with Crippen LogP contribution in [-0.4, -0.2) is 23.7 Å². The molecule has 0 aromatic heterocycles. The summed E-state index contributed by atoms with van der Waals surface area (Å²) in [6.07, 6.45) is 1.55. The highest BCUT2D eigenvalue weighted by molar-refractivity contribution is 8.18. The van der Waals surface area contributed by atoms with Crippen LogP contribution in [-0.2, 0) is 4.79 Å². The Bertz CT molecular complexity index is 1010. The van der Waals surface area contributed by atoms with Gasteiger partial charge in [0, 0.05) is 5.02 Å². The number of hydrogen-bond donors (Lipinski definition) is 1. The molecule has 0 spiro atoms. The SMILES string of the molecule is CCOc1cc(/C=C2/SC(=O)NC2=O)ccc1OC(=O)c1ccc(Cl)cc1Cl. The average molecular weight is 438 g/mol. The minimum atomic E-state index is -0.662. The summed E-state index contributed by atoms with van der Waals surface area (Å²) in [5, 5.41) is 2.34. The molecule has 3 rings (SSSR count). The first-order valence-electron chi connectivity index (χ1n) is 8.06. The number of halogens is 2. The highest BCUT2D eigenvalue weighted by Crippen LogP contribution is 2.33. The van der Waals surface area contributed by atoms with Gasteiger partial charge in [-0.25, -0.2) is 4.79 Å². The van der Waals surface area contributed by atoms with E-state index < -0.39 is 17.1 Å². The summed E-state index contributed by atoms with van der Waals surface area (Å²) in [5.74, 6) is -0.615. The van der Waals surface area contributed by atoms with Crippen LogP contribution in [0.3, 0.4) is 0 Å². The van der Waals surface area contributed by atoms with Gasteiger partial charge in [-0.1, -0.05) is 29.3 Å². The van der Waals surface area contributed by atoms with Gasteiger partial charge in [0.15, 0.2) is 11.5 Å². The van der Waals surface area contributed by atoms with E-state index in [0.29, 0.717) is 22.9 Å². The van der Waals surface area contributed by atoms with Crippen molar-refractivity contribution in [3.8, 4) is 11.5 Å². The second-order valence-electron chi connectivity index (χ2n) is 5.51. The molecule has 2 amide bonds. The number of carbonyl (C=O) groups excluding carboxylic acids is 3. The Morgan fingerprint density at radius 1 is 1.14 bits per heavy atom. The standard InChI is InChI=1S/C19H13Cl2NO5S/c1-2-26-15-7-10(8-16-17(23)22-19(25)28-16)3-6-14(15)27-18(24)12-5-4-11(20)9-13(12)21/h3-9H,2H2,1H3,(H,22,23,25)/b16-8+. The number of nitrogens with one attached hydrogen (secondary N) is 1. The molecule has 0 bridgehead atoms. The first-order valence-corrected chi connectivity index (χ1v) is 9.63. The fourth-order valence-electron chi connectivity index (χ4n) is 2.35. The van der Waals surface area contributed by atoms with E-state index >= 15 is 0 Å². The summed E-state index contributed by atoms with van der Waals surface area (Å²) in [5.41, 5.74) is 0.775. The van der Waals surface area contributed by atoms with Gasteiger partial charge >= 0.3 is 5.97 Å². The van der Waals surface area contributed by atoms with Crippen molar-refractivity contribution in [1.29, 1.82) is 0 Å². The lowest BCUT2D eigenvalue weighted by molar-refractivity contribution is -0.115. The third kappa shape index (κ3) is 4.67. The predicted octanol–water partition coefficient (Wildman–Crippen LogP) is 4.94. The van der Waals surface area contributed by atoms with Crippen LogP contribution in [0.4, 0.5) is 4.79 Å². The molecule has 0 unspecified atom stereocenters. The number of amides is 2. The number of hydrogen-bond acceptors (Lipinski definition) is 6. The molecule has 1 heterocycles. The van der Waals surface area contributed by atoms with Gasteiger partial charge in [0.25, 0.3) is 11.1 Å². The van der Waals surface area contributed by atoms with Crippen LogP contribution >= 0.6 is 35.0 Å². The molecule has 1 N–H and O–H groups in total. The molecule has 0 atom stereocenters. The van der Waals surface area contributed by atoms with E-state index in [1.165, 1.54) is 18.2 Å². The van der Waals surface area contributed by atoms with Crippen LogP contribution in [0.5, 0.6) is 11.5 Å². The number of thioether (sulfide) groups is 1. The van der Waals surface area contributed by atoms with Crippen LogP contribution in [0.25, 0.3) is 6.08 Å². The zero-order valence-electron chi connectivity index (χ0n) is 14.5. The maximum Gasteiger partial charge on any atom is 0.345 e. The Balaban J connectivity index is 1.87. The maximum atomic E-state index is 12.4. The first kappa shape index (κ1) is 20.3. The maximum absolute atomic E-state index is 12.4. The third-order valence-corrected chi connectivity index (χ3v) is 4.92. The van der Waals surface area contributed by atoms with E-state index in [9.17, 15) is 14.4 Å².